The number of carbonyl (C=O) groups is 1. The fraction of sp³-hybridized carbons (Fsp3) is 0.389. The van der Waals surface area contributed by atoms with Crippen molar-refractivity contribution in [3.8, 4) is 11.3 Å². The van der Waals surface area contributed by atoms with Crippen LogP contribution >= 0.6 is 0 Å². The summed E-state index contributed by atoms with van der Waals surface area (Å²) in [5.41, 5.74) is 2.62. The number of urea groups is 1. The van der Waals surface area contributed by atoms with Crippen LogP contribution < -0.4 is 15.5 Å². The van der Waals surface area contributed by atoms with Crippen molar-refractivity contribution in [1.29, 1.82) is 0 Å². The molecule has 2 heterocycles. The molecule has 25 heavy (non-hydrogen) atoms. The van der Waals surface area contributed by atoms with E-state index in [1.807, 2.05) is 30.3 Å². The van der Waals surface area contributed by atoms with Crippen LogP contribution in [0.5, 0.6) is 0 Å². The van der Waals surface area contributed by atoms with Gasteiger partial charge in [0.1, 0.15) is 0 Å². The number of rotatable bonds is 4. The zero-order chi connectivity index (χ0) is 17.1. The smallest absolute Gasteiger partial charge is 0.319 e. The van der Waals surface area contributed by atoms with Gasteiger partial charge < -0.3 is 20.3 Å². The molecule has 1 aromatic carbocycles. The Hall–Kier alpha value is -2.67. The van der Waals surface area contributed by atoms with Crippen LogP contribution in [-0.4, -0.2) is 48.3 Å². The molecule has 0 spiro atoms. The number of ether oxygens (including phenoxy) is 1. The van der Waals surface area contributed by atoms with Gasteiger partial charge in [0.25, 0.3) is 0 Å². The van der Waals surface area contributed by atoms with Gasteiger partial charge in [0.2, 0.25) is 5.95 Å². The standard InChI is InChI=1S/C18H21N5O2/c24-18(21-15-5-6-15)20-14-3-1-13(2-4-14)16-7-8-19-17(22-16)23-9-11-25-12-10-23/h1-4,7-8,15H,5-6,9-12H2,(H2,20,21,24). The van der Waals surface area contributed by atoms with E-state index in [1.165, 1.54) is 0 Å². The molecular weight excluding hydrogens is 318 g/mol. The Morgan fingerprint density at radius 2 is 1.88 bits per heavy atom. The molecule has 1 aliphatic carbocycles. The zero-order valence-electron chi connectivity index (χ0n) is 13.9. The number of aromatic nitrogens is 2. The van der Waals surface area contributed by atoms with E-state index in [4.69, 9.17) is 4.74 Å². The van der Waals surface area contributed by atoms with Crippen molar-refractivity contribution in [2.75, 3.05) is 36.5 Å². The highest BCUT2D eigenvalue weighted by molar-refractivity contribution is 5.89. The first-order valence-corrected chi connectivity index (χ1v) is 8.62. The molecule has 0 atom stereocenters. The number of amides is 2. The average Bonchev–Trinajstić information content (AvgIpc) is 3.47. The molecule has 1 saturated heterocycles. The van der Waals surface area contributed by atoms with Gasteiger partial charge in [-0.05, 0) is 31.0 Å². The van der Waals surface area contributed by atoms with Crippen LogP contribution in [0.2, 0.25) is 0 Å². The largest absolute Gasteiger partial charge is 0.378 e. The van der Waals surface area contributed by atoms with Crippen LogP contribution in [0.4, 0.5) is 16.4 Å². The van der Waals surface area contributed by atoms with Crippen molar-refractivity contribution >= 4 is 17.7 Å². The summed E-state index contributed by atoms with van der Waals surface area (Å²) in [4.78, 5) is 22.9. The lowest BCUT2D eigenvalue weighted by molar-refractivity contribution is 0.122. The fourth-order valence-corrected chi connectivity index (χ4v) is 2.73. The Morgan fingerprint density at radius 1 is 1.12 bits per heavy atom. The molecule has 7 heteroatoms. The van der Waals surface area contributed by atoms with Gasteiger partial charge in [-0.3, -0.25) is 0 Å². The first-order chi connectivity index (χ1) is 12.3. The van der Waals surface area contributed by atoms with Crippen LogP contribution in [0.15, 0.2) is 36.5 Å². The number of hydrogen-bond donors (Lipinski definition) is 2. The Labute approximate surface area is 146 Å². The summed E-state index contributed by atoms with van der Waals surface area (Å²) in [7, 11) is 0. The quantitative estimate of drug-likeness (QED) is 0.893. The number of carbonyl (C=O) groups excluding carboxylic acids is 1. The van der Waals surface area contributed by atoms with Gasteiger partial charge in [-0.2, -0.15) is 0 Å². The van der Waals surface area contributed by atoms with E-state index >= 15 is 0 Å². The molecule has 2 N–H and O–H groups in total. The first kappa shape index (κ1) is 15.8. The highest BCUT2D eigenvalue weighted by Gasteiger charge is 2.23. The molecule has 7 nitrogen and oxygen atoms in total. The van der Waals surface area contributed by atoms with E-state index in [-0.39, 0.29) is 6.03 Å². The second kappa shape index (κ2) is 7.06. The van der Waals surface area contributed by atoms with Crippen LogP contribution in [-0.2, 0) is 4.74 Å². The predicted molar refractivity (Wildman–Crippen MR) is 95.7 cm³/mol. The van der Waals surface area contributed by atoms with E-state index in [0.29, 0.717) is 19.3 Å². The minimum atomic E-state index is -0.146. The lowest BCUT2D eigenvalue weighted by Crippen LogP contribution is -2.37. The zero-order valence-corrected chi connectivity index (χ0v) is 13.9. The summed E-state index contributed by atoms with van der Waals surface area (Å²) in [6.45, 7) is 3.03. The van der Waals surface area contributed by atoms with Crippen molar-refractivity contribution in [2.24, 2.45) is 0 Å². The molecule has 2 amide bonds. The lowest BCUT2D eigenvalue weighted by Gasteiger charge is -2.26. The van der Waals surface area contributed by atoms with Crippen molar-refractivity contribution in [3.05, 3.63) is 36.5 Å². The number of morpholine rings is 1. The van der Waals surface area contributed by atoms with Gasteiger partial charge in [0, 0.05) is 36.6 Å². The number of hydrogen-bond acceptors (Lipinski definition) is 5. The van der Waals surface area contributed by atoms with Gasteiger partial charge in [-0.25, -0.2) is 14.8 Å². The maximum Gasteiger partial charge on any atom is 0.319 e. The minimum absolute atomic E-state index is 0.146. The van der Waals surface area contributed by atoms with Gasteiger partial charge in [-0.15, -0.1) is 0 Å². The van der Waals surface area contributed by atoms with Crippen molar-refractivity contribution < 1.29 is 9.53 Å². The number of nitrogens with one attached hydrogen (secondary N) is 2. The summed E-state index contributed by atoms with van der Waals surface area (Å²) in [6.07, 6.45) is 3.93. The summed E-state index contributed by atoms with van der Waals surface area (Å²) in [6, 6.07) is 9.78. The molecule has 0 unspecified atom stereocenters. The number of anilines is 2. The molecule has 0 bridgehead atoms. The summed E-state index contributed by atoms with van der Waals surface area (Å²) >= 11 is 0. The van der Waals surface area contributed by atoms with Gasteiger partial charge in [-0.1, -0.05) is 12.1 Å². The van der Waals surface area contributed by atoms with Crippen LogP contribution in [0.25, 0.3) is 11.3 Å². The van der Waals surface area contributed by atoms with Crippen molar-refractivity contribution in [1.82, 2.24) is 15.3 Å². The van der Waals surface area contributed by atoms with Crippen LogP contribution in [0.1, 0.15) is 12.8 Å². The molecule has 0 radical (unpaired) electrons. The van der Waals surface area contributed by atoms with Crippen LogP contribution in [0, 0.1) is 0 Å². The highest BCUT2D eigenvalue weighted by Crippen LogP contribution is 2.22. The fourth-order valence-electron chi connectivity index (χ4n) is 2.73. The highest BCUT2D eigenvalue weighted by atomic mass is 16.5. The third-order valence-electron chi connectivity index (χ3n) is 4.29. The molecule has 1 aliphatic heterocycles. The molecule has 2 aliphatic rings. The number of benzene rings is 1. The number of nitrogens with zero attached hydrogens (tertiary/aromatic N) is 3. The SMILES string of the molecule is O=C(Nc1ccc(-c2ccnc(N3CCOCC3)n2)cc1)NC1CC1. The Morgan fingerprint density at radius 3 is 2.60 bits per heavy atom. The Bertz CT molecular complexity index is 739. The van der Waals surface area contributed by atoms with E-state index in [1.54, 1.807) is 6.20 Å². The molecule has 2 fully saturated rings. The summed E-state index contributed by atoms with van der Waals surface area (Å²) in [5.74, 6) is 0.729. The van der Waals surface area contributed by atoms with E-state index in [9.17, 15) is 4.79 Å². The van der Waals surface area contributed by atoms with Gasteiger partial charge in [0.05, 0.1) is 18.9 Å². The topological polar surface area (TPSA) is 79.4 Å². The normalized spacial score (nSPS) is 17.2. The second-order valence-electron chi connectivity index (χ2n) is 6.29. The van der Waals surface area contributed by atoms with Gasteiger partial charge >= 0.3 is 6.03 Å². The van der Waals surface area contributed by atoms with E-state index in [0.717, 1.165) is 48.8 Å². The van der Waals surface area contributed by atoms with Crippen LogP contribution in [0.3, 0.4) is 0 Å². The molecule has 4 rings (SSSR count). The third kappa shape index (κ3) is 4.06. The molecule has 130 valence electrons. The average molecular weight is 339 g/mol. The predicted octanol–water partition coefficient (Wildman–Crippen LogP) is 2.26. The van der Waals surface area contributed by atoms with Gasteiger partial charge in [0.15, 0.2) is 0 Å². The van der Waals surface area contributed by atoms with E-state index in [2.05, 4.69) is 25.5 Å². The van der Waals surface area contributed by atoms with Crippen molar-refractivity contribution in [2.45, 2.75) is 18.9 Å². The van der Waals surface area contributed by atoms with E-state index < -0.39 is 0 Å². The lowest BCUT2D eigenvalue weighted by atomic mass is 10.1. The molecule has 1 saturated carbocycles. The monoisotopic (exact) mass is 339 g/mol. The minimum Gasteiger partial charge on any atom is -0.378 e. The Balaban J connectivity index is 1.44. The maximum atomic E-state index is 11.8. The summed E-state index contributed by atoms with van der Waals surface area (Å²) in [5, 5.41) is 5.76. The van der Waals surface area contributed by atoms with Crippen molar-refractivity contribution in [3.63, 3.8) is 0 Å². The molecule has 1 aromatic heterocycles. The Kier molecular flexibility index (Phi) is 4.47. The maximum absolute atomic E-state index is 11.8. The summed E-state index contributed by atoms with van der Waals surface area (Å²) < 4.78 is 5.37. The first-order valence-electron chi connectivity index (χ1n) is 8.62. The second-order valence-corrected chi connectivity index (χ2v) is 6.29. The third-order valence-corrected chi connectivity index (χ3v) is 4.29. The molecule has 2 aromatic rings. The molecular formula is C18H21N5O2.